The molecule has 2 N–H and O–H groups in total. The number of nitrogens with two attached hydrogens (primary N) is 1. The fourth-order valence-electron chi connectivity index (χ4n) is 3.11. The van der Waals surface area contributed by atoms with Crippen LogP contribution >= 0.6 is 0 Å². The van der Waals surface area contributed by atoms with Gasteiger partial charge in [0.25, 0.3) is 0 Å². The fraction of sp³-hybridized carbons (Fsp3) is 0.929. The molecule has 0 atom stereocenters. The smallest absolute Gasteiger partial charge is 0.242 e. The lowest BCUT2D eigenvalue weighted by molar-refractivity contribution is -0.140. The lowest BCUT2D eigenvalue weighted by Crippen LogP contribution is -2.60. The fourth-order valence-corrected chi connectivity index (χ4v) is 3.11. The Morgan fingerprint density at radius 1 is 1.16 bits per heavy atom. The summed E-state index contributed by atoms with van der Waals surface area (Å²) in [6.45, 7) is 5.19. The quantitative estimate of drug-likeness (QED) is 0.804. The molecule has 0 aromatic heterocycles. The zero-order valence-electron chi connectivity index (χ0n) is 12.1. The molecule has 0 aromatic carbocycles. The maximum absolute atomic E-state index is 12.6. The predicted molar refractivity (Wildman–Crippen MR) is 74.9 cm³/mol. The number of methoxy groups -OCH3 is 1. The Bertz CT molecular complexity index is 295. The van der Waals surface area contributed by atoms with Gasteiger partial charge in [-0.15, -0.1) is 0 Å². The van der Waals surface area contributed by atoms with Crippen LogP contribution in [0.4, 0.5) is 0 Å². The van der Waals surface area contributed by atoms with Gasteiger partial charge in [-0.3, -0.25) is 9.69 Å². The molecule has 110 valence electrons. The molecule has 1 saturated heterocycles. The maximum Gasteiger partial charge on any atom is 0.242 e. The van der Waals surface area contributed by atoms with Crippen molar-refractivity contribution in [3.63, 3.8) is 0 Å². The maximum atomic E-state index is 12.6. The van der Waals surface area contributed by atoms with Gasteiger partial charge in [-0.05, 0) is 12.8 Å². The van der Waals surface area contributed by atoms with Gasteiger partial charge in [-0.25, -0.2) is 0 Å². The molecule has 0 radical (unpaired) electrons. The van der Waals surface area contributed by atoms with Crippen LogP contribution in [0.1, 0.15) is 32.1 Å². The molecule has 19 heavy (non-hydrogen) atoms. The van der Waals surface area contributed by atoms with E-state index in [9.17, 15) is 4.79 Å². The van der Waals surface area contributed by atoms with E-state index in [0.29, 0.717) is 0 Å². The van der Waals surface area contributed by atoms with Gasteiger partial charge in [0.05, 0.1) is 12.1 Å². The number of amides is 1. The Morgan fingerprint density at radius 3 is 2.37 bits per heavy atom. The van der Waals surface area contributed by atoms with Gasteiger partial charge in [0.1, 0.15) is 0 Å². The van der Waals surface area contributed by atoms with Crippen LogP contribution in [-0.4, -0.2) is 67.7 Å². The highest BCUT2D eigenvalue weighted by atomic mass is 16.5. The van der Waals surface area contributed by atoms with Gasteiger partial charge in [-0.1, -0.05) is 19.3 Å². The molecule has 0 unspecified atom stereocenters. The number of carbonyl (C=O) groups excluding carboxylic acids is 1. The minimum atomic E-state index is -0.576. The molecule has 1 heterocycles. The normalized spacial score (nSPS) is 24.4. The summed E-state index contributed by atoms with van der Waals surface area (Å²) in [7, 11) is 1.72. The second kappa shape index (κ2) is 6.68. The highest BCUT2D eigenvalue weighted by Gasteiger charge is 2.39. The first-order valence-electron chi connectivity index (χ1n) is 7.45. The van der Waals surface area contributed by atoms with Crippen molar-refractivity contribution in [2.45, 2.75) is 37.6 Å². The zero-order valence-corrected chi connectivity index (χ0v) is 12.1. The summed E-state index contributed by atoms with van der Waals surface area (Å²) in [5.74, 6) is 0.179. The SMILES string of the molecule is COCCN1CCN(C(=O)C2(N)CCCCC2)CC1. The van der Waals surface area contributed by atoms with Crippen molar-refractivity contribution in [1.29, 1.82) is 0 Å². The van der Waals surface area contributed by atoms with E-state index in [1.807, 2.05) is 4.90 Å². The molecular formula is C14H27N3O2. The van der Waals surface area contributed by atoms with E-state index in [2.05, 4.69) is 4.90 Å². The molecule has 1 aliphatic heterocycles. The van der Waals surface area contributed by atoms with E-state index in [4.69, 9.17) is 10.5 Å². The highest BCUT2D eigenvalue weighted by Crippen LogP contribution is 2.28. The molecule has 0 bridgehead atoms. The van der Waals surface area contributed by atoms with Crippen LogP contribution in [0.15, 0.2) is 0 Å². The van der Waals surface area contributed by atoms with Gasteiger partial charge in [-0.2, -0.15) is 0 Å². The van der Waals surface area contributed by atoms with Crippen LogP contribution in [0, 0.1) is 0 Å². The average Bonchev–Trinajstić information content (AvgIpc) is 2.46. The highest BCUT2D eigenvalue weighted by molar-refractivity contribution is 5.86. The van der Waals surface area contributed by atoms with Crippen molar-refractivity contribution in [2.24, 2.45) is 5.73 Å². The van der Waals surface area contributed by atoms with Crippen molar-refractivity contribution in [3.8, 4) is 0 Å². The third-order valence-electron chi connectivity index (χ3n) is 4.44. The summed E-state index contributed by atoms with van der Waals surface area (Å²) in [6, 6.07) is 0. The number of nitrogens with zero attached hydrogens (tertiary/aromatic N) is 2. The van der Waals surface area contributed by atoms with Gasteiger partial charge in [0.2, 0.25) is 5.91 Å². The van der Waals surface area contributed by atoms with Crippen molar-refractivity contribution in [3.05, 3.63) is 0 Å². The monoisotopic (exact) mass is 269 g/mol. The van der Waals surface area contributed by atoms with Gasteiger partial charge in [0.15, 0.2) is 0 Å². The lowest BCUT2D eigenvalue weighted by atomic mass is 9.81. The number of ether oxygens (including phenoxy) is 1. The number of hydrogen-bond acceptors (Lipinski definition) is 4. The minimum absolute atomic E-state index is 0.179. The third-order valence-corrected chi connectivity index (χ3v) is 4.44. The molecule has 5 nitrogen and oxygen atoms in total. The van der Waals surface area contributed by atoms with Crippen LogP contribution in [0.2, 0.25) is 0 Å². The predicted octanol–water partition coefficient (Wildman–Crippen LogP) is 0.439. The number of hydrogen-bond donors (Lipinski definition) is 1. The Morgan fingerprint density at radius 2 is 1.79 bits per heavy atom. The third kappa shape index (κ3) is 3.68. The van der Waals surface area contributed by atoms with Gasteiger partial charge in [0, 0.05) is 39.8 Å². The first kappa shape index (κ1) is 14.8. The van der Waals surface area contributed by atoms with Crippen molar-refractivity contribution in [1.82, 2.24) is 9.80 Å². The van der Waals surface area contributed by atoms with Crippen molar-refractivity contribution < 1.29 is 9.53 Å². The molecule has 2 aliphatic rings. The van der Waals surface area contributed by atoms with Crippen LogP contribution in [0.3, 0.4) is 0 Å². The van der Waals surface area contributed by atoms with E-state index < -0.39 is 5.54 Å². The molecular weight excluding hydrogens is 242 g/mol. The van der Waals surface area contributed by atoms with Crippen LogP contribution in [0.25, 0.3) is 0 Å². The molecule has 1 aliphatic carbocycles. The summed E-state index contributed by atoms with van der Waals surface area (Å²) >= 11 is 0. The molecule has 1 amide bonds. The molecule has 2 fully saturated rings. The standard InChI is InChI=1S/C14H27N3O2/c1-19-12-11-16-7-9-17(10-8-16)13(18)14(15)5-3-2-4-6-14/h2-12,15H2,1H3. The summed E-state index contributed by atoms with van der Waals surface area (Å²) in [6.07, 6.45) is 5.12. The van der Waals surface area contributed by atoms with Gasteiger partial charge < -0.3 is 15.4 Å². The van der Waals surface area contributed by atoms with E-state index >= 15 is 0 Å². The van der Waals surface area contributed by atoms with Crippen molar-refractivity contribution >= 4 is 5.91 Å². The second-order valence-electron chi connectivity index (χ2n) is 5.84. The van der Waals surface area contributed by atoms with E-state index in [1.165, 1.54) is 6.42 Å². The van der Waals surface area contributed by atoms with Gasteiger partial charge >= 0.3 is 0 Å². The molecule has 1 saturated carbocycles. The number of carbonyl (C=O) groups is 1. The minimum Gasteiger partial charge on any atom is -0.383 e. The molecule has 0 spiro atoms. The van der Waals surface area contributed by atoms with Crippen LogP contribution in [-0.2, 0) is 9.53 Å². The average molecular weight is 269 g/mol. The van der Waals surface area contributed by atoms with E-state index in [1.54, 1.807) is 7.11 Å². The molecule has 2 rings (SSSR count). The lowest BCUT2D eigenvalue weighted by Gasteiger charge is -2.41. The van der Waals surface area contributed by atoms with Crippen molar-refractivity contribution in [2.75, 3.05) is 46.4 Å². The Balaban J connectivity index is 1.81. The van der Waals surface area contributed by atoms with Crippen LogP contribution < -0.4 is 5.73 Å². The second-order valence-corrected chi connectivity index (χ2v) is 5.84. The summed E-state index contributed by atoms with van der Waals surface area (Å²) in [5.41, 5.74) is 5.75. The van der Waals surface area contributed by atoms with Crippen LogP contribution in [0.5, 0.6) is 0 Å². The molecule has 5 heteroatoms. The summed E-state index contributed by atoms with van der Waals surface area (Å²) < 4.78 is 5.09. The van der Waals surface area contributed by atoms with E-state index in [0.717, 1.165) is 65.0 Å². The summed E-state index contributed by atoms with van der Waals surface area (Å²) in [5, 5.41) is 0. The first-order chi connectivity index (χ1) is 9.15. The largest absolute Gasteiger partial charge is 0.383 e. The number of rotatable bonds is 4. The Kier molecular flexibility index (Phi) is 5.19. The number of piperazine rings is 1. The first-order valence-corrected chi connectivity index (χ1v) is 7.45. The Labute approximate surface area is 116 Å². The zero-order chi connectivity index (χ0) is 13.7. The summed E-state index contributed by atoms with van der Waals surface area (Å²) in [4.78, 5) is 16.9. The Hall–Kier alpha value is -0.650. The molecule has 0 aromatic rings. The van der Waals surface area contributed by atoms with E-state index in [-0.39, 0.29) is 5.91 Å². The topological polar surface area (TPSA) is 58.8 Å².